The van der Waals surface area contributed by atoms with E-state index in [0.717, 1.165) is 10.2 Å². The smallest absolute Gasteiger partial charge is 0.287 e. The molecular formula is C17H15BrClN3O3. The first-order valence-electron chi connectivity index (χ1n) is 7.53. The molecule has 0 saturated heterocycles. The van der Waals surface area contributed by atoms with Crippen molar-refractivity contribution in [2.75, 3.05) is 6.54 Å². The molecule has 25 heavy (non-hydrogen) atoms. The van der Waals surface area contributed by atoms with E-state index in [9.17, 15) is 4.79 Å². The Labute approximate surface area is 157 Å². The van der Waals surface area contributed by atoms with Crippen LogP contribution in [0.3, 0.4) is 0 Å². The van der Waals surface area contributed by atoms with Gasteiger partial charge in [-0.25, -0.2) is 0 Å². The van der Waals surface area contributed by atoms with Crippen LogP contribution in [-0.2, 0) is 13.2 Å². The predicted octanol–water partition coefficient (Wildman–Crippen LogP) is 3.90. The van der Waals surface area contributed by atoms with E-state index in [-0.39, 0.29) is 18.3 Å². The highest BCUT2D eigenvalue weighted by Gasteiger charge is 2.11. The summed E-state index contributed by atoms with van der Waals surface area (Å²) in [5, 5.41) is 7.37. The van der Waals surface area contributed by atoms with Crippen LogP contribution in [0.25, 0.3) is 0 Å². The highest BCUT2D eigenvalue weighted by atomic mass is 79.9. The van der Waals surface area contributed by atoms with Gasteiger partial charge in [0.2, 0.25) is 0 Å². The summed E-state index contributed by atoms with van der Waals surface area (Å²) in [6, 6.07) is 10.8. The molecule has 6 nitrogen and oxygen atoms in total. The first-order chi connectivity index (χ1) is 12.1. The van der Waals surface area contributed by atoms with Gasteiger partial charge in [-0.05, 0) is 36.4 Å². The number of benzene rings is 1. The quantitative estimate of drug-likeness (QED) is 0.624. The highest BCUT2D eigenvalue weighted by molar-refractivity contribution is 9.10. The van der Waals surface area contributed by atoms with E-state index in [0.29, 0.717) is 23.9 Å². The number of nitrogens with zero attached hydrogens (tertiary/aromatic N) is 2. The van der Waals surface area contributed by atoms with Gasteiger partial charge in [-0.1, -0.05) is 27.5 Å². The number of hydrogen-bond donors (Lipinski definition) is 1. The summed E-state index contributed by atoms with van der Waals surface area (Å²) in [5.41, 5.74) is 0. The standard InChI is InChI=1S/C17H15BrClN3O3/c18-12-1-3-14(4-2-12)24-11-15-5-6-16(25-15)17(23)20-7-8-22-10-13(19)9-21-22/h1-6,9-10H,7-8,11H2,(H,20,23). The zero-order chi connectivity index (χ0) is 17.6. The zero-order valence-electron chi connectivity index (χ0n) is 13.1. The van der Waals surface area contributed by atoms with Crippen molar-refractivity contribution >= 4 is 33.4 Å². The van der Waals surface area contributed by atoms with Crippen molar-refractivity contribution in [1.82, 2.24) is 15.1 Å². The van der Waals surface area contributed by atoms with E-state index in [2.05, 4.69) is 26.3 Å². The van der Waals surface area contributed by atoms with E-state index in [1.54, 1.807) is 29.2 Å². The molecule has 0 bridgehead atoms. The molecular weight excluding hydrogens is 410 g/mol. The molecule has 2 heterocycles. The van der Waals surface area contributed by atoms with E-state index < -0.39 is 0 Å². The Morgan fingerprint density at radius 3 is 2.80 bits per heavy atom. The lowest BCUT2D eigenvalue weighted by Crippen LogP contribution is -2.27. The lowest BCUT2D eigenvalue weighted by molar-refractivity contribution is 0.0920. The van der Waals surface area contributed by atoms with Crippen molar-refractivity contribution < 1.29 is 13.9 Å². The van der Waals surface area contributed by atoms with E-state index in [4.69, 9.17) is 20.8 Å². The maximum Gasteiger partial charge on any atom is 0.287 e. The molecule has 130 valence electrons. The van der Waals surface area contributed by atoms with Gasteiger partial charge in [0.25, 0.3) is 5.91 Å². The summed E-state index contributed by atoms with van der Waals surface area (Å²) >= 11 is 9.15. The van der Waals surface area contributed by atoms with Crippen molar-refractivity contribution in [2.24, 2.45) is 0 Å². The fourth-order valence-corrected chi connectivity index (χ4v) is 2.52. The third-order valence-corrected chi connectivity index (χ3v) is 4.03. The predicted molar refractivity (Wildman–Crippen MR) is 96.8 cm³/mol. The van der Waals surface area contributed by atoms with Crippen molar-refractivity contribution in [3.05, 3.63) is 69.8 Å². The third-order valence-electron chi connectivity index (χ3n) is 3.31. The third kappa shape index (κ3) is 5.11. The van der Waals surface area contributed by atoms with Crippen LogP contribution in [0.15, 0.2) is 57.7 Å². The topological polar surface area (TPSA) is 69.3 Å². The molecule has 0 saturated carbocycles. The first-order valence-corrected chi connectivity index (χ1v) is 8.70. The van der Waals surface area contributed by atoms with Crippen LogP contribution in [0, 0.1) is 0 Å². The molecule has 1 N–H and O–H groups in total. The van der Waals surface area contributed by atoms with Crippen LogP contribution >= 0.6 is 27.5 Å². The Bertz CT molecular complexity index is 845. The Kier molecular flexibility index (Phi) is 5.78. The molecule has 1 aromatic carbocycles. The Balaban J connectivity index is 1.46. The molecule has 0 fully saturated rings. The average Bonchev–Trinajstić information content (AvgIpc) is 3.23. The minimum absolute atomic E-state index is 0.243. The molecule has 3 aromatic rings. The lowest BCUT2D eigenvalue weighted by Gasteiger charge is -2.05. The fourth-order valence-electron chi connectivity index (χ4n) is 2.09. The van der Waals surface area contributed by atoms with Gasteiger partial charge in [0.05, 0.1) is 17.8 Å². The van der Waals surface area contributed by atoms with Gasteiger partial charge >= 0.3 is 0 Å². The molecule has 2 aromatic heterocycles. The number of ether oxygens (including phenoxy) is 1. The van der Waals surface area contributed by atoms with Gasteiger partial charge in [-0.2, -0.15) is 5.10 Å². The fraction of sp³-hybridized carbons (Fsp3) is 0.176. The highest BCUT2D eigenvalue weighted by Crippen LogP contribution is 2.18. The van der Waals surface area contributed by atoms with Crippen molar-refractivity contribution in [1.29, 1.82) is 0 Å². The van der Waals surface area contributed by atoms with Gasteiger partial charge in [0.15, 0.2) is 5.76 Å². The molecule has 0 spiro atoms. The largest absolute Gasteiger partial charge is 0.486 e. The van der Waals surface area contributed by atoms with E-state index in [1.807, 2.05) is 24.3 Å². The molecule has 1 amide bonds. The van der Waals surface area contributed by atoms with Crippen LogP contribution in [-0.4, -0.2) is 22.2 Å². The van der Waals surface area contributed by atoms with Crippen LogP contribution in [0.1, 0.15) is 16.3 Å². The lowest BCUT2D eigenvalue weighted by atomic mass is 10.3. The normalized spacial score (nSPS) is 10.6. The Morgan fingerprint density at radius 1 is 1.28 bits per heavy atom. The number of furan rings is 1. The summed E-state index contributed by atoms with van der Waals surface area (Å²) in [7, 11) is 0. The maximum absolute atomic E-state index is 12.1. The number of aromatic nitrogens is 2. The van der Waals surface area contributed by atoms with Crippen molar-refractivity contribution in [3.63, 3.8) is 0 Å². The van der Waals surface area contributed by atoms with Gasteiger partial charge < -0.3 is 14.5 Å². The minimum Gasteiger partial charge on any atom is -0.486 e. The number of carbonyl (C=O) groups excluding carboxylic acids is 1. The minimum atomic E-state index is -0.284. The van der Waals surface area contributed by atoms with Gasteiger partial charge in [0.1, 0.15) is 18.1 Å². The summed E-state index contributed by atoms with van der Waals surface area (Å²) in [6.45, 7) is 1.20. The number of carbonyl (C=O) groups is 1. The first kappa shape index (κ1) is 17.6. The number of halogens is 2. The molecule has 0 radical (unpaired) electrons. The molecule has 0 unspecified atom stereocenters. The van der Waals surface area contributed by atoms with Crippen LogP contribution in [0.2, 0.25) is 5.02 Å². The summed E-state index contributed by atoms with van der Waals surface area (Å²) in [4.78, 5) is 12.1. The molecule has 3 rings (SSSR count). The van der Waals surface area contributed by atoms with Crippen molar-refractivity contribution in [2.45, 2.75) is 13.2 Å². The van der Waals surface area contributed by atoms with Crippen LogP contribution < -0.4 is 10.1 Å². The van der Waals surface area contributed by atoms with Gasteiger partial charge in [-0.3, -0.25) is 9.48 Å². The van der Waals surface area contributed by atoms with Crippen molar-refractivity contribution in [3.8, 4) is 5.75 Å². The average molecular weight is 425 g/mol. The SMILES string of the molecule is O=C(NCCn1cc(Cl)cn1)c1ccc(COc2ccc(Br)cc2)o1. The maximum atomic E-state index is 12.1. The number of nitrogens with one attached hydrogen (secondary N) is 1. The number of hydrogen-bond acceptors (Lipinski definition) is 4. The van der Waals surface area contributed by atoms with Gasteiger partial charge in [-0.15, -0.1) is 0 Å². The second kappa shape index (κ2) is 8.22. The van der Waals surface area contributed by atoms with Crippen LogP contribution in [0.4, 0.5) is 0 Å². The summed E-state index contributed by atoms with van der Waals surface area (Å²) in [5.74, 6) is 1.26. The Morgan fingerprint density at radius 2 is 2.08 bits per heavy atom. The summed E-state index contributed by atoms with van der Waals surface area (Å²) < 4.78 is 13.8. The van der Waals surface area contributed by atoms with Crippen LogP contribution in [0.5, 0.6) is 5.75 Å². The monoisotopic (exact) mass is 423 g/mol. The van der Waals surface area contributed by atoms with Gasteiger partial charge in [0, 0.05) is 17.2 Å². The zero-order valence-corrected chi connectivity index (χ0v) is 15.5. The Hall–Kier alpha value is -2.25. The number of amides is 1. The number of rotatable bonds is 7. The molecule has 0 atom stereocenters. The molecule has 8 heteroatoms. The molecule has 0 aliphatic carbocycles. The second-order valence-electron chi connectivity index (χ2n) is 5.19. The van der Waals surface area contributed by atoms with E-state index >= 15 is 0 Å². The van der Waals surface area contributed by atoms with E-state index in [1.165, 1.54) is 0 Å². The summed E-state index contributed by atoms with van der Waals surface area (Å²) in [6.07, 6.45) is 3.24. The molecule has 0 aliphatic rings. The molecule has 0 aliphatic heterocycles. The second-order valence-corrected chi connectivity index (χ2v) is 6.54.